The zero-order valence-electron chi connectivity index (χ0n) is 7.44. The molecule has 0 aromatic carbocycles. The summed E-state index contributed by atoms with van der Waals surface area (Å²) in [6.07, 6.45) is -0.507. The molecule has 0 heterocycles. The summed E-state index contributed by atoms with van der Waals surface area (Å²) in [7, 11) is 0. The average Bonchev–Trinajstić information content (AvgIpc) is 1.85. The van der Waals surface area contributed by atoms with Gasteiger partial charge in [-0.3, -0.25) is 0 Å². The lowest BCUT2D eigenvalue weighted by atomic mass is 10.1. The minimum atomic E-state index is -4.22. The molecule has 0 rings (SSSR count). The number of alkyl halides is 3. The van der Waals surface area contributed by atoms with Gasteiger partial charge >= 0.3 is 6.18 Å². The molecule has 0 spiro atoms. The Morgan fingerprint density at radius 3 is 2.00 bits per heavy atom. The van der Waals surface area contributed by atoms with Gasteiger partial charge in [0.2, 0.25) is 0 Å². The fourth-order valence-electron chi connectivity index (χ4n) is 0.650. The van der Waals surface area contributed by atoms with E-state index in [4.69, 9.17) is 0 Å². The maximum Gasteiger partial charge on any atom is 0.416 e. The van der Waals surface area contributed by atoms with E-state index in [1.54, 1.807) is 0 Å². The van der Waals surface area contributed by atoms with Crippen LogP contribution in [0.2, 0.25) is 0 Å². The fraction of sp³-hybridized carbons (Fsp3) is 0.556. The van der Waals surface area contributed by atoms with Gasteiger partial charge in [-0.1, -0.05) is 32.1 Å². The largest absolute Gasteiger partial charge is 0.416 e. The highest BCUT2D eigenvalue weighted by Crippen LogP contribution is 2.26. The van der Waals surface area contributed by atoms with Crippen LogP contribution in [-0.2, 0) is 0 Å². The molecule has 0 aromatic rings. The fourth-order valence-corrected chi connectivity index (χ4v) is 0.650. The smallest absolute Gasteiger partial charge is 0.166 e. The highest BCUT2D eigenvalue weighted by Gasteiger charge is 2.30. The highest BCUT2D eigenvalue weighted by atomic mass is 19.4. The third-order valence-corrected chi connectivity index (χ3v) is 1.30. The Morgan fingerprint density at radius 2 is 1.75 bits per heavy atom. The lowest BCUT2D eigenvalue weighted by Gasteiger charge is -2.06. The summed E-state index contributed by atoms with van der Waals surface area (Å²) in [6.45, 7) is 5.05. The molecule has 0 nitrogen and oxygen atoms in total. The van der Waals surface area contributed by atoms with E-state index in [2.05, 4.69) is 0 Å². The summed E-state index contributed by atoms with van der Waals surface area (Å²) in [6, 6.07) is 0. The zero-order chi connectivity index (χ0) is 9.78. The van der Waals surface area contributed by atoms with Crippen LogP contribution >= 0.6 is 0 Å². The topological polar surface area (TPSA) is 0 Å². The van der Waals surface area contributed by atoms with Crippen LogP contribution in [0.25, 0.3) is 0 Å². The Hall–Kier alpha value is -0.730. The Balaban J connectivity index is 4.42. The van der Waals surface area contributed by atoms with Crippen molar-refractivity contribution in [2.75, 3.05) is 0 Å². The molecule has 0 fully saturated rings. The summed E-state index contributed by atoms with van der Waals surface area (Å²) in [4.78, 5) is 0. The van der Waals surface area contributed by atoms with Crippen LogP contribution < -0.4 is 0 Å². The molecule has 0 aliphatic carbocycles. The molecule has 0 atom stereocenters. The average molecular weight is 178 g/mol. The number of hydrogen-bond acceptors (Lipinski definition) is 0. The van der Waals surface area contributed by atoms with Crippen LogP contribution in [0.1, 0.15) is 20.8 Å². The first-order valence-electron chi connectivity index (χ1n) is 3.79. The van der Waals surface area contributed by atoms with E-state index in [9.17, 15) is 13.2 Å². The molecule has 0 amide bonds. The van der Waals surface area contributed by atoms with Crippen molar-refractivity contribution in [3.8, 4) is 0 Å². The minimum absolute atomic E-state index is 0.141. The maximum atomic E-state index is 12.1. The quantitative estimate of drug-likeness (QED) is 0.565. The lowest BCUT2D eigenvalue weighted by Crippen LogP contribution is -2.09. The standard InChI is InChI=1S/C9H13F3/c1-4-8(9(10,11)12)6-5-7(2)3/h4-7H,1-3H3. The van der Waals surface area contributed by atoms with Crippen molar-refractivity contribution in [3.63, 3.8) is 0 Å². The van der Waals surface area contributed by atoms with E-state index >= 15 is 0 Å². The molecule has 0 aliphatic heterocycles. The monoisotopic (exact) mass is 178 g/mol. The SMILES string of the molecule is CC=C(C=CC(C)C)C(F)(F)F. The molecular formula is C9H13F3. The number of allylic oxidation sites excluding steroid dienone is 4. The molecule has 0 saturated carbocycles. The van der Waals surface area contributed by atoms with Crippen LogP contribution in [0.4, 0.5) is 13.2 Å². The molecule has 0 unspecified atom stereocenters. The van der Waals surface area contributed by atoms with Crippen LogP contribution in [0.5, 0.6) is 0 Å². The predicted molar refractivity (Wildman–Crippen MR) is 43.8 cm³/mol. The molecule has 0 aromatic heterocycles. The van der Waals surface area contributed by atoms with Gasteiger partial charge in [0.05, 0.1) is 5.57 Å². The van der Waals surface area contributed by atoms with Gasteiger partial charge in [-0.2, -0.15) is 13.2 Å². The molecule has 0 N–H and O–H groups in total. The second-order valence-electron chi connectivity index (χ2n) is 2.84. The molecule has 0 saturated heterocycles. The van der Waals surface area contributed by atoms with Gasteiger partial charge < -0.3 is 0 Å². The first-order chi connectivity index (χ1) is 5.38. The Morgan fingerprint density at radius 1 is 1.25 bits per heavy atom. The van der Waals surface area contributed by atoms with Gasteiger partial charge in [0.15, 0.2) is 0 Å². The third kappa shape index (κ3) is 4.21. The minimum Gasteiger partial charge on any atom is -0.166 e. The van der Waals surface area contributed by atoms with E-state index in [-0.39, 0.29) is 5.92 Å². The highest BCUT2D eigenvalue weighted by molar-refractivity contribution is 5.23. The molecule has 70 valence electrons. The van der Waals surface area contributed by atoms with Gasteiger partial charge in [-0.25, -0.2) is 0 Å². The van der Waals surface area contributed by atoms with Crippen molar-refractivity contribution >= 4 is 0 Å². The van der Waals surface area contributed by atoms with Gasteiger partial charge in [0.25, 0.3) is 0 Å². The number of rotatable bonds is 2. The Bertz CT molecular complexity index is 184. The normalized spacial score (nSPS) is 14.8. The van der Waals surface area contributed by atoms with Gasteiger partial charge in [-0.15, -0.1) is 0 Å². The van der Waals surface area contributed by atoms with Crippen molar-refractivity contribution in [1.82, 2.24) is 0 Å². The summed E-state index contributed by atoms with van der Waals surface area (Å²) in [5, 5.41) is 0. The van der Waals surface area contributed by atoms with Crippen molar-refractivity contribution in [2.45, 2.75) is 26.9 Å². The summed E-state index contributed by atoms with van der Waals surface area (Å²) in [5.41, 5.74) is -0.587. The van der Waals surface area contributed by atoms with Crippen LogP contribution in [0, 0.1) is 5.92 Å². The van der Waals surface area contributed by atoms with E-state index in [1.807, 2.05) is 13.8 Å². The molecule has 12 heavy (non-hydrogen) atoms. The first-order valence-corrected chi connectivity index (χ1v) is 3.79. The lowest BCUT2D eigenvalue weighted by molar-refractivity contribution is -0.0883. The number of hydrogen-bond donors (Lipinski definition) is 0. The zero-order valence-corrected chi connectivity index (χ0v) is 7.44. The first kappa shape index (κ1) is 11.3. The van der Waals surface area contributed by atoms with Crippen LogP contribution in [-0.4, -0.2) is 6.18 Å². The molecular weight excluding hydrogens is 165 g/mol. The second kappa shape index (κ2) is 4.33. The molecule has 3 heteroatoms. The van der Waals surface area contributed by atoms with E-state index in [0.29, 0.717) is 0 Å². The van der Waals surface area contributed by atoms with Crippen LogP contribution in [0.15, 0.2) is 23.8 Å². The third-order valence-electron chi connectivity index (χ3n) is 1.30. The van der Waals surface area contributed by atoms with Crippen molar-refractivity contribution in [2.24, 2.45) is 5.92 Å². The Labute approximate surface area is 70.8 Å². The second-order valence-corrected chi connectivity index (χ2v) is 2.84. The summed E-state index contributed by atoms with van der Waals surface area (Å²) >= 11 is 0. The van der Waals surface area contributed by atoms with Crippen molar-refractivity contribution in [1.29, 1.82) is 0 Å². The number of halogens is 3. The van der Waals surface area contributed by atoms with Crippen molar-refractivity contribution in [3.05, 3.63) is 23.8 Å². The van der Waals surface area contributed by atoms with E-state index in [1.165, 1.54) is 13.0 Å². The van der Waals surface area contributed by atoms with E-state index in [0.717, 1.165) is 12.2 Å². The van der Waals surface area contributed by atoms with Crippen molar-refractivity contribution < 1.29 is 13.2 Å². The van der Waals surface area contributed by atoms with Gasteiger partial charge in [0.1, 0.15) is 0 Å². The predicted octanol–water partition coefficient (Wildman–Crippen LogP) is 3.71. The Kier molecular flexibility index (Phi) is 4.07. The van der Waals surface area contributed by atoms with E-state index < -0.39 is 11.7 Å². The molecule has 0 bridgehead atoms. The van der Waals surface area contributed by atoms with Gasteiger partial charge in [0, 0.05) is 0 Å². The van der Waals surface area contributed by atoms with Gasteiger partial charge in [-0.05, 0) is 12.8 Å². The van der Waals surface area contributed by atoms with Crippen LogP contribution in [0.3, 0.4) is 0 Å². The molecule has 0 radical (unpaired) electrons. The summed E-state index contributed by atoms with van der Waals surface area (Å²) < 4.78 is 36.2. The molecule has 0 aliphatic rings. The summed E-state index contributed by atoms with van der Waals surface area (Å²) in [5.74, 6) is 0.141. The maximum absolute atomic E-state index is 12.1.